The van der Waals surface area contributed by atoms with Gasteiger partial charge in [0, 0.05) is 25.7 Å². The van der Waals surface area contributed by atoms with Gasteiger partial charge in [-0.25, -0.2) is 0 Å². The van der Waals surface area contributed by atoms with Gasteiger partial charge < -0.3 is 20.4 Å². The second-order valence-electron chi connectivity index (χ2n) is 8.65. The topological polar surface area (TPSA) is 132 Å². The predicted molar refractivity (Wildman–Crippen MR) is 118 cm³/mol. The predicted octanol–water partition coefficient (Wildman–Crippen LogP) is 2.58. The molecule has 0 aliphatic carbocycles. The van der Waals surface area contributed by atoms with Crippen molar-refractivity contribution in [1.82, 2.24) is 0 Å². The Balaban J connectivity index is 2.02. The minimum absolute atomic E-state index is 0.00925. The van der Waals surface area contributed by atoms with Crippen LogP contribution in [0.4, 0.5) is 0 Å². The number of benzene rings is 2. The van der Waals surface area contributed by atoms with E-state index < -0.39 is 28.9 Å². The SMILES string of the molecule is CC(O)(Cc1ccc(CCC(=O)O)cc1)C(=O)C(C)(O)Cc1ccc(CCC(=O)O)cc1. The standard InChI is InChI=1S/C25H30O7/c1-24(31,15-19-7-3-17(4-8-19)11-13-21(26)27)23(30)25(2,32)16-20-9-5-18(6-10-20)12-14-22(28)29/h3-10,31-32H,11-16H2,1-2H3,(H,26,27)(H,28,29). The zero-order chi connectivity index (χ0) is 23.9. The fourth-order valence-electron chi connectivity index (χ4n) is 3.69. The average molecular weight is 443 g/mol. The molecule has 0 amide bonds. The number of aliphatic carboxylic acids is 2. The molecule has 2 atom stereocenters. The summed E-state index contributed by atoms with van der Waals surface area (Å²) in [4.78, 5) is 34.3. The molecule has 172 valence electrons. The van der Waals surface area contributed by atoms with Crippen LogP contribution in [0, 0.1) is 0 Å². The smallest absolute Gasteiger partial charge is 0.303 e. The van der Waals surface area contributed by atoms with E-state index >= 15 is 0 Å². The van der Waals surface area contributed by atoms with Crippen molar-refractivity contribution in [2.75, 3.05) is 0 Å². The summed E-state index contributed by atoms with van der Waals surface area (Å²) >= 11 is 0. The van der Waals surface area contributed by atoms with Crippen molar-refractivity contribution in [2.24, 2.45) is 0 Å². The third-order valence-corrected chi connectivity index (χ3v) is 5.38. The molecule has 0 aromatic heterocycles. The van der Waals surface area contributed by atoms with Gasteiger partial charge in [0.2, 0.25) is 0 Å². The van der Waals surface area contributed by atoms with Crippen LogP contribution in [-0.4, -0.2) is 49.4 Å². The van der Waals surface area contributed by atoms with E-state index in [4.69, 9.17) is 10.2 Å². The molecule has 0 fully saturated rings. The summed E-state index contributed by atoms with van der Waals surface area (Å²) in [6, 6.07) is 14.0. The number of hydrogen-bond acceptors (Lipinski definition) is 5. The Bertz CT molecular complexity index is 864. The molecule has 32 heavy (non-hydrogen) atoms. The van der Waals surface area contributed by atoms with E-state index in [9.17, 15) is 24.6 Å². The number of aliphatic hydroxyl groups is 2. The first kappa shape index (κ1) is 25.2. The average Bonchev–Trinajstić information content (AvgIpc) is 2.71. The van der Waals surface area contributed by atoms with Crippen molar-refractivity contribution in [3.63, 3.8) is 0 Å². The van der Waals surface area contributed by atoms with Gasteiger partial charge in [0.05, 0.1) is 0 Å². The first-order chi connectivity index (χ1) is 14.9. The van der Waals surface area contributed by atoms with E-state index in [-0.39, 0.29) is 25.7 Å². The number of Topliss-reactive ketones (excluding diaryl/α,β-unsaturated/α-hetero) is 1. The van der Waals surface area contributed by atoms with E-state index in [1.807, 2.05) is 0 Å². The molecule has 2 aromatic carbocycles. The van der Waals surface area contributed by atoms with Crippen LogP contribution in [0.25, 0.3) is 0 Å². The zero-order valence-electron chi connectivity index (χ0n) is 18.4. The number of carboxylic acid groups (broad SMARTS) is 2. The highest BCUT2D eigenvalue weighted by atomic mass is 16.4. The Morgan fingerprint density at radius 3 is 1.19 bits per heavy atom. The molecule has 0 aliphatic heterocycles. The summed E-state index contributed by atoms with van der Waals surface area (Å²) in [6.07, 6.45) is 0.867. The van der Waals surface area contributed by atoms with Gasteiger partial charge in [-0.1, -0.05) is 48.5 Å². The maximum absolute atomic E-state index is 13.0. The van der Waals surface area contributed by atoms with Crippen molar-refractivity contribution in [3.8, 4) is 0 Å². The van der Waals surface area contributed by atoms with E-state index in [2.05, 4.69) is 0 Å². The summed E-state index contributed by atoms with van der Waals surface area (Å²) in [5, 5.41) is 39.2. The van der Waals surface area contributed by atoms with Crippen molar-refractivity contribution in [2.45, 2.75) is 63.6 Å². The Kier molecular flexibility index (Phi) is 8.30. The van der Waals surface area contributed by atoms with Crippen LogP contribution in [-0.2, 0) is 40.1 Å². The van der Waals surface area contributed by atoms with Gasteiger partial charge in [-0.05, 0) is 48.9 Å². The monoisotopic (exact) mass is 442 g/mol. The second kappa shape index (κ2) is 10.5. The van der Waals surface area contributed by atoms with Crippen LogP contribution in [0.1, 0.15) is 48.9 Å². The van der Waals surface area contributed by atoms with E-state index in [1.54, 1.807) is 48.5 Å². The maximum Gasteiger partial charge on any atom is 0.303 e. The number of carbonyl (C=O) groups is 3. The van der Waals surface area contributed by atoms with Gasteiger partial charge in [0.1, 0.15) is 11.2 Å². The lowest BCUT2D eigenvalue weighted by atomic mass is 9.80. The number of ketones is 1. The summed E-state index contributed by atoms with van der Waals surface area (Å²) in [5.74, 6) is -2.45. The van der Waals surface area contributed by atoms with E-state index in [0.717, 1.165) is 11.1 Å². The lowest BCUT2D eigenvalue weighted by molar-refractivity contribution is -0.153. The molecule has 0 aliphatic rings. The number of rotatable bonds is 12. The number of hydrogen-bond donors (Lipinski definition) is 4. The molecule has 0 radical (unpaired) electrons. The molecule has 0 bridgehead atoms. The van der Waals surface area contributed by atoms with Gasteiger partial charge in [0.25, 0.3) is 0 Å². The molecule has 0 saturated carbocycles. The largest absolute Gasteiger partial charge is 0.481 e. The quantitative estimate of drug-likeness (QED) is 0.397. The Morgan fingerprint density at radius 2 is 0.906 bits per heavy atom. The van der Waals surface area contributed by atoms with Crippen LogP contribution >= 0.6 is 0 Å². The molecule has 2 unspecified atom stereocenters. The lowest BCUT2D eigenvalue weighted by Gasteiger charge is -2.31. The fourth-order valence-corrected chi connectivity index (χ4v) is 3.69. The highest BCUT2D eigenvalue weighted by molar-refractivity contribution is 5.94. The maximum atomic E-state index is 13.0. The molecule has 7 nitrogen and oxygen atoms in total. The van der Waals surface area contributed by atoms with Crippen molar-refractivity contribution >= 4 is 17.7 Å². The second-order valence-corrected chi connectivity index (χ2v) is 8.65. The van der Waals surface area contributed by atoms with E-state index in [1.165, 1.54) is 13.8 Å². The Labute approximate surface area is 187 Å². The summed E-state index contributed by atoms with van der Waals surface area (Å²) in [5.41, 5.74) is -0.509. The molecular weight excluding hydrogens is 412 g/mol. The molecule has 0 heterocycles. The van der Waals surface area contributed by atoms with Gasteiger partial charge in [0.15, 0.2) is 5.78 Å². The molecule has 0 spiro atoms. The highest BCUT2D eigenvalue weighted by Crippen LogP contribution is 2.25. The van der Waals surface area contributed by atoms with Crippen LogP contribution in [0.15, 0.2) is 48.5 Å². The van der Waals surface area contributed by atoms with E-state index in [0.29, 0.717) is 24.0 Å². The summed E-state index contributed by atoms with van der Waals surface area (Å²) in [7, 11) is 0. The first-order valence-corrected chi connectivity index (χ1v) is 10.5. The van der Waals surface area contributed by atoms with Crippen molar-refractivity contribution < 1.29 is 34.8 Å². The van der Waals surface area contributed by atoms with Gasteiger partial charge >= 0.3 is 11.9 Å². The molecule has 7 heteroatoms. The highest BCUT2D eigenvalue weighted by Gasteiger charge is 2.42. The van der Waals surface area contributed by atoms with Crippen LogP contribution in [0.5, 0.6) is 0 Å². The first-order valence-electron chi connectivity index (χ1n) is 10.5. The Morgan fingerprint density at radius 1 is 0.625 bits per heavy atom. The number of carboxylic acids is 2. The normalized spacial score (nSPS) is 14.9. The molecule has 2 rings (SSSR count). The van der Waals surface area contributed by atoms with Gasteiger partial charge in [-0.3, -0.25) is 14.4 Å². The summed E-state index contributed by atoms with van der Waals surface area (Å²) < 4.78 is 0. The minimum Gasteiger partial charge on any atom is -0.481 e. The molecule has 2 aromatic rings. The van der Waals surface area contributed by atoms with Crippen LogP contribution in [0.3, 0.4) is 0 Å². The lowest BCUT2D eigenvalue weighted by Crippen LogP contribution is -2.52. The van der Waals surface area contributed by atoms with Gasteiger partial charge in [-0.15, -0.1) is 0 Å². The van der Waals surface area contributed by atoms with Crippen LogP contribution in [0.2, 0.25) is 0 Å². The minimum atomic E-state index is -1.80. The van der Waals surface area contributed by atoms with Gasteiger partial charge in [-0.2, -0.15) is 0 Å². The third kappa shape index (κ3) is 7.59. The number of carbonyl (C=O) groups excluding carboxylic acids is 1. The number of aryl methyl sites for hydroxylation is 2. The van der Waals surface area contributed by atoms with Crippen LogP contribution < -0.4 is 0 Å². The summed E-state index contributed by atoms with van der Waals surface area (Å²) in [6.45, 7) is 2.74. The fraction of sp³-hybridized carbons (Fsp3) is 0.400. The molecular formula is C25H30O7. The zero-order valence-corrected chi connectivity index (χ0v) is 18.4. The third-order valence-electron chi connectivity index (χ3n) is 5.38. The Hall–Kier alpha value is -3.03. The van der Waals surface area contributed by atoms with Crippen molar-refractivity contribution in [3.05, 3.63) is 70.8 Å². The van der Waals surface area contributed by atoms with Crippen molar-refractivity contribution in [1.29, 1.82) is 0 Å². The molecule has 4 N–H and O–H groups in total. The molecule has 0 saturated heterocycles.